The number of hydrogen-bond donors (Lipinski definition) is 2. The number of phenols is 1. The van der Waals surface area contributed by atoms with Crippen LogP contribution in [0.3, 0.4) is 0 Å². The number of hydrogen-bond acceptors (Lipinski definition) is 6. The van der Waals surface area contributed by atoms with Crippen molar-refractivity contribution in [3.63, 3.8) is 0 Å². The number of aromatic carboxylic acids is 1. The van der Waals surface area contributed by atoms with E-state index in [0.717, 1.165) is 24.3 Å². The van der Waals surface area contributed by atoms with Crippen LogP contribution in [0, 0.1) is 10.1 Å². The summed E-state index contributed by atoms with van der Waals surface area (Å²) in [6.07, 6.45) is 0. The summed E-state index contributed by atoms with van der Waals surface area (Å²) in [6.45, 7) is 0. The van der Waals surface area contributed by atoms with Gasteiger partial charge in [-0.3, -0.25) is 10.1 Å². The zero-order valence-electron chi connectivity index (χ0n) is 12.1. The summed E-state index contributed by atoms with van der Waals surface area (Å²) < 4.78 is 25.2. The second-order valence-corrected chi connectivity index (χ2v) is 7.73. The number of carboxylic acid groups (broad SMARTS) is 1. The number of nitrogens with zero attached hydrogens (tertiary/aromatic N) is 1. The highest BCUT2D eigenvalue weighted by Crippen LogP contribution is 2.35. The molecule has 2 rings (SSSR count). The lowest BCUT2D eigenvalue weighted by molar-refractivity contribution is -0.385. The number of nitro benzene ring substituents is 1. The van der Waals surface area contributed by atoms with E-state index in [0.29, 0.717) is 0 Å². The zero-order chi connectivity index (χ0) is 18.9. The van der Waals surface area contributed by atoms with Gasteiger partial charge in [0.25, 0.3) is 0 Å². The van der Waals surface area contributed by atoms with E-state index in [4.69, 9.17) is 28.3 Å². The standard InChI is InChI=1S/C14H9Cl2NO7S/c15-8-1-2-10(14(19)20)12(5-8)25(23,24)6-7-3-9(16)4-11(13(7)18)17(21)22/h1-5,18H,6H2,(H,19,20). The fraction of sp³-hybridized carbons (Fsp3) is 0.0714. The molecule has 0 heterocycles. The largest absolute Gasteiger partial charge is 0.502 e. The van der Waals surface area contributed by atoms with Gasteiger partial charge in [-0.05, 0) is 24.3 Å². The first-order valence-electron chi connectivity index (χ1n) is 6.44. The van der Waals surface area contributed by atoms with Crippen molar-refractivity contribution in [3.05, 3.63) is 61.6 Å². The van der Waals surface area contributed by atoms with Crippen molar-refractivity contribution in [3.8, 4) is 5.75 Å². The number of rotatable bonds is 5. The van der Waals surface area contributed by atoms with E-state index in [1.165, 1.54) is 6.07 Å². The Kier molecular flexibility index (Phi) is 5.21. The van der Waals surface area contributed by atoms with Crippen LogP contribution in [0.15, 0.2) is 35.2 Å². The van der Waals surface area contributed by atoms with Gasteiger partial charge < -0.3 is 10.2 Å². The first-order chi connectivity index (χ1) is 11.5. The third kappa shape index (κ3) is 4.01. The molecule has 2 N–H and O–H groups in total. The van der Waals surface area contributed by atoms with Gasteiger partial charge in [-0.25, -0.2) is 13.2 Å². The van der Waals surface area contributed by atoms with Crippen molar-refractivity contribution in [2.24, 2.45) is 0 Å². The number of carboxylic acids is 1. The van der Waals surface area contributed by atoms with Crippen LogP contribution >= 0.6 is 23.2 Å². The van der Waals surface area contributed by atoms with Gasteiger partial charge in [-0.2, -0.15) is 0 Å². The first kappa shape index (κ1) is 19.0. The maximum absolute atomic E-state index is 12.6. The maximum Gasteiger partial charge on any atom is 0.337 e. The van der Waals surface area contributed by atoms with Crippen LogP contribution in [0.4, 0.5) is 5.69 Å². The predicted molar refractivity (Wildman–Crippen MR) is 89.1 cm³/mol. The normalized spacial score (nSPS) is 11.3. The van der Waals surface area contributed by atoms with Crippen molar-refractivity contribution in [2.45, 2.75) is 10.6 Å². The smallest absolute Gasteiger partial charge is 0.337 e. The molecule has 0 radical (unpaired) electrons. The number of aromatic hydroxyl groups is 1. The molecule has 0 bridgehead atoms. The van der Waals surface area contributed by atoms with E-state index >= 15 is 0 Å². The number of carbonyl (C=O) groups is 1. The molecule has 8 nitrogen and oxygen atoms in total. The van der Waals surface area contributed by atoms with E-state index in [1.54, 1.807) is 0 Å². The summed E-state index contributed by atoms with van der Waals surface area (Å²) >= 11 is 11.5. The molecule has 0 aromatic heterocycles. The molecule has 0 aliphatic heterocycles. The van der Waals surface area contributed by atoms with Crippen LogP contribution in [0.2, 0.25) is 10.0 Å². The summed E-state index contributed by atoms with van der Waals surface area (Å²) in [5, 5.41) is 29.8. The average molecular weight is 406 g/mol. The van der Waals surface area contributed by atoms with Crippen molar-refractivity contribution in [2.75, 3.05) is 0 Å². The van der Waals surface area contributed by atoms with E-state index in [1.807, 2.05) is 0 Å². The van der Waals surface area contributed by atoms with E-state index in [-0.39, 0.29) is 15.6 Å². The van der Waals surface area contributed by atoms with Gasteiger partial charge >= 0.3 is 11.7 Å². The fourth-order valence-electron chi connectivity index (χ4n) is 2.10. The van der Waals surface area contributed by atoms with E-state index in [2.05, 4.69) is 0 Å². The van der Waals surface area contributed by atoms with Crippen LogP contribution in [0.25, 0.3) is 0 Å². The molecule has 0 aliphatic carbocycles. The topological polar surface area (TPSA) is 135 Å². The van der Waals surface area contributed by atoms with Crippen molar-refractivity contribution in [1.82, 2.24) is 0 Å². The Balaban J connectivity index is 2.60. The molecule has 0 saturated heterocycles. The van der Waals surface area contributed by atoms with Gasteiger partial charge in [-0.1, -0.05) is 23.2 Å². The molecule has 25 heavy (non-hydrogen) atoms. The Labute approximate surface area is 151 Å². The van der Waals surface area contributed by atoms with Gasteiger partial charge in [0.1, 0.15) is 0 Å². The summed E-state index contributed by atoms with van der Waals surface area (Å²) in [5.74, 6) is -3.26. The van der Waals surface area contributed by atoms with Crippen molar-refractivity contribution in [1.29, 1.82) is 0 Å². The molecule has 0 unspecified atom stereocenters. The first-order valence-corrected chi connectivity index (χ1v) is 8.85. The Morgan fingerprint density at radius 2 is 1.80 bits per heavy atom. The highest BCUT2D eigenvalue weighted by molar-refractivity contribution is 7.90. The molecule has 0 fully saturated rings. The van der Waals surface area contributed by atoms with E-state index < -0.39 is 48.4 Å². The molecule has 132 valence electrons. The average Bonchev–Trinajstić information content (AvgIpc) is 2.49. The number of nitro groups is 1. The molecule has 0 atom stereocenters. The maximum atomic E-state index is 12.6. The molecule has 2 aromatic carbocycles. The molecule has 0 amide bonds. The lowest BCUT2D eigenvalue weighted by Crippen LogP contribution is -2.11. The number of phenolic OH excluding ortho intramolecular Hbond substituents is 1. The summed E-state index contributed by atoms with van der Waals surface area (Å²) in [4.78, 5) is 20.6. The molecular formula is C14H9Cl2NO7S. The van der Waals surface area contributed by atoms with Gasteiger partial charge in [0, 0.05) is 21.7 Å². The van der Waals surface area contributed by atoms with E-state index in [9.17, 15) is 28.4 Å². The molecule has 0 spiro atoms. The highest BCUT2D eigenvalue weighted by atomic mass is 35.5. The number of sulfone groups is 1. The third-order valence-corrected chi connectivity index (χ3v) is 5.34. The second kappa shape index (κ2) is 6.87. The highest BCUT2D eigenvalue weighted by Gasteiger charge is 2.27. The lowest BCUT2D eigenvalue weighted by Gasteiger charge is -2.10. The van der Waals surface area contributed by atoms with Crippen molar-refractivity contribution >= 4 is 44.7 Å². The van der Waals surface area contributed by atoms with Crippen LogP contribution in [0.5, 0.6) is 5.75 Å². The minimum Gasteiger partial charge on any atom is -0.502 e. The van der Waals surface area contributed by atoms with Gasteiger partial charge in [0.2, 0.25) is 0 Å². The molecule has 2 aromatic rings. The Morgan fingerprint density at radius 1 is 1.16 bits per heavy atom. The minimum absolute atomic E-state index is 0.00938. The Bertz CT molecular complexity index is 989. The van der Waals surface area contributed by atoms with Gasteiger partial charge in [0.05, 0.1) is 21.1 Å². The summed E-state index contributed by atoms with van der Waals surface area (Å²) in [6, 6.07) is 5.11. The summed E-state index contributed by atoms with van der Waals surface area (Å²) in [7, 11) is -4.30. The molecule has 0 aliphatic rings. The van der Waals surface area contributed by atoms with Crippen LogP contribution < -0.4 is 0 Å². The molecule has 0 saturated carbocycles. The third-order valence-electron chi connectivity index (χ3n) is 3.18. The van der Waals surface area contributed by atoms with Crippen LogP contribution in [0.1, 0.15) is 15.9 Å². The minimum atomic E-state index is -4.30. The SMILES string of the molecule is O=C(O)c1ccc(Cl)cc1S(=O)(=O)Cc1cc(Cl)cc([N+](=O)[O-])c1O. The summed E-state index contributed by atoms with van der Waals surface area (Å²) in [5.41, 5.74) is -1.61. The quantitative estimate of drug-likeness (QED) is 0.575. The predicted octanol–water partition coefficient (Wildman–Crippen LogP) is 3.28. The fourth-order valence-corrected chi connectivity index (χ4v) is 4.16. The van der Waals surface area contributed by atoms with Gasteiger partial charge in [-0.15, -0.1) is 0 Å². The number of halogens is 2. The Morgan fingerprint density at radius 3 is 2.36 bits per heavy atom. The monoisotopic (exact) mass is 405 g/mol. The van der Waals surface area contributed by atoms with Gasteiger partial charge in [0.15, 0.2) is 15.6 Å². The zero-order valence-corrected chi connectivity index (χ0v) is 14.5. The lowest BCUT2D eigenvalue weighted by atomic mass is 10.2. The van der Waals surface area contributed by atoms with Crippen LogP contribution in [-0.4, -0.2) is 29.5 Å². The number of benzene rings is 2. The van der Waals surface area contributed by atoms with Crippen LogP contribution in [-0.2, 0) is 15.6 Å². The second-order valence-electron chi connectivity index (χ2n) is 4.89. The van der Waals surface area contributed by atoms with Crippen molar-refractivity contribution < 1.29 is 28.3 Å². The Hall–Kier alpha value is -2.36. The molecular weight excluding hydrogens is 397 g/mol. The molecule has 11 heteroatoms.